The van der Waals surface area contributed by atoms with Gasteiger partial charge in [-0.05, 0) is 60.2 Å². The summed E-state index contributed by atoms with van der Waals surface area (Å²) in [5.74, 6) is 0. The monoisotopic (exact) mass is 273 g/mol. The van der Waals surface area contributed by atoms with Crippen molar-refractivity contribution >= 4 is 22.6 Å². The fourth-order valence-corrected chi connectivity index (χ4v) is 2.14. The lowest BCUT2D eigenvalue weighted by atomic mass is 10.1. The Hall–Kier alpha value is -0.0900. The van der Waals surface area contributed by atoms with Crippen LogP contribution < -0.4 is 5.32 Å². The highest BCUT2D eigenvalue weighted by molar-refractivity contribution is 14.1. The molecule has 0 aromatic heterocycles. The highest BCUT2D eigenvalue weighted by Gasteiger charge is 2.42. The lowest BCUT2D eigenvalue weighted by Crippen LogP contribution is -2.24. The maximum absolute atomic E-state index is 3.39. The molecular weight excluding hydrogens is 261 g/mol. The van der Waals surface area contributed by atoms with Gasteiger partial charge in [0, 0.05) is 9.11 Å². The molecule has 0 saturated heterocycles. The zero-order valence-corrected chi connectivity index (χ0v) is 9.26. The van der Waals surface area contributed by atoms with Gasteiger partial charge in [0.05, 0.1) is 0 Å². The molecule has 1 fully saturated rings. The first-order chi connectivity index (χ1) is 5.77. The lowest BCUT2D eigenvalue weighted by molar-refractivity contribution is 0.585. The second-order valence-electron chi connectivity index (χ2n) is 3.34. The average molecular weight is 273 g/mol. The van der Waals surface area contributed by atoms with Gasteiger partial charge in [0.15, 0.2) is 0 Å². The Labute approximate surface area is 86.7 Å². The van der Waals surface area contributed by atoms with E-state index < -0.39 is 0 Å². The standard InChI is InChI=1S/C10H12IN/c1-12-10(5-6-10)8-3-2-4-9(11)7-8/h2-4,7,12H,5-6H2,1H3. The largest absolute Gasteiger partial charge is 0.310 e. The van der Waals surface area contributed by atoms with Gasteiger partial charge in [0.25, 0.3) is 0 Å². The molecule has 0 radical (unpaired) electrons. The molecule has 2 rings (SSSR count). The van der Waals surface area contributed by atoms with E-state index in [1.165, 1.54) is 22.0 Å². The van der Waals surface area contributed by atoms with E-state index in [0.29, 0.717) is 5.54 Å². The van der Waals surface area contributed by atoms with Gasteiger partial charge in [-0.1, -0.05) is 12.1 Å². The Bertz CT molecular complexity index is 292. The molecule has 1 aliphatic rings. The first-order valence-electron chi connectivity index (χ1n) is 4.22. The van der Waals surface area contributed by atoms with Crippen molar-refractivity contribution in [3.8, 4) is 0 Å². The Morgan fingerprint density at radius 1 is 1.42 bits per heavy atom. The fourth-order valence-electron chi connectivity index (χ4n) is 1.59. The quantitative estimate of drug-likeness (QED) is 0.816. The summed E-state index contributed by atoms with van der Waals surface area (Å²) in [6, 6.07) is 8.75. The molecule has 0 bridgehead atoms. The lowest BCUT2D eigenvalue weighted by Gasteiger charge is -2.14. The van der Waals surface area contributed by atoms with Crippen LogP contribution in [0.15, 0.2) is 24.3 Å². The average Bonchev–Trinajstić information content (AvgIpc) is 2.84. The topological polar surface area (TPSA) is 12.0 Å². The summed E-state index contributed by atoms with van der Waals surface area (Å²) >= 11 is 2.36. The zero-order valence-electron chi connectivity index (χ0n) is 7.10. The summed E-state index contributed by atoms with van der Waals surface area (Å²) in [5.41, 5.74) is 1.76. The van der Waals surface area contributed by atoms with Crippen LogP contribution in [-0.4, -0.2) is 7.05 Å². The van der Waals surface area contributed by atoms with Crippen LogP contribution in [0.2, 0.25) is 0 Å². The third-order valence-corrected chi connectivity index (χ3v) is 3.28. The van der Waals surface area contributed by atoms with E-state index in [1.54, 1.807) is 0 Å². The van der Waals surface area contributed by atoms with Gasteiger partial charge in [-0.2, -0.15) is 0 Å². The van der Waals surface area contributed by atoms with Crippen LogP contribution >= 0.6 is 22.6 Å². The van der Waals surface area contributed by atoms with E-state index in [-0.39, 0.29) is 0 Å². The summed E-state index contributed by atoms with van der Waals surface area (Å²) in [6.07, 6.45) is 2.56. The van der Waals surface area contributed by atoms with Crippen molar-refractivity contribution < 1.29 is 0 Å². The minimum Gasteiger partial charge on any atom is -0.310 e. The molecule has 2 heteroatoms. The number of hydrogen-bond acceptors (Lipinski definition) is 1. The summed E-state index contributed by atoms with van der Waals surface area (Å²) in [4.78, 5) is 0. The highest BCUT2D eigenvalue weighted by Crippen LogP contribution is 2.45. The van der Waals surface area contributed by atoms with Gasteiger partial charge in [0.1, 0.15) is 0 Å². The number of halogens is 1. The van der Waals surface area contributed by atoms with Gasteiger partial charge < -0.3 is 5.32 Å². The van der Waals surface area contributed by atoms with Gasteiger partial charge in [-0.25, -0.2) is 0 Å². The van der Waals surface area contributed by atoms with E-state index >= 15 is 0 Å². The summed E-state index contributed by atoms with van der Waals surface area (Å²) in [6.45, 7) is 0. The maximum atomic E-state index is 3.39. The molecule has 0 heterocycles. The third-order valence-electron chi connectivity index (χ3n) is 2.61. The number of benzene rings is 1. The summed E-state index contributed by atoms with van der Waals surface area (Å²) < 4.78 is 1.33. The fraction of sp³-hybridized carbons (Fsp3) is 0.400. The van der Waals surface area contributed by atoms with Crippen LogP contribution in [0.1, 0.15) is 18.4 Å². The van der Waals surface area contributed by atoms with E-state index in [1.807, 2.05) is 7.05 Å². The van der Waals surface area contributed by atoms with E-state index in [4.69, 9.17) is 0 Å². The smallest absolute Gasteiger partial charge is 0.0434 e. The summed E-state index contributed by atoms with van der Waals surface area (Å²) in [7, 11) is 2.05. The molecule has 12 heavy (non-hydrogen) atoms. The van der Waals surface area contributed by atoms with Crippen molar-refractivity contribution in [1.29, 1.82) is 0 Å². The van der Waals surface area contributed by atoms with Gasteiger partial charge in [-0.3, -0.25) is 0 Å². The van der Waals surface area contributed by atoms with E-state index in [9.17, 15) is 0 Å². The first-order valence-corrected chi connectivity index (χ1v) is 5.30. The molecule has 1 saturated carbocycles. The molecule has 0 spiro atoms. The number of nitrogens with one attached hydrogen (secondary N) is 1. The first kappa shape index (κ1) is 8.51. The molecule has 1 aliphatic carbocycles. The van der Waals surface area contributed by atoms with E-state index in [2.05, 4.69) is 52.2 Å². The molecule has 64 valence electrons. The zero-order chi connectivity index (χ0) is 8.60. The Morgan fingerprint density at radius 3 is 2.67 bits per heavy atom. The van der Waals surface area contributed by atoms with Crippen LogP contribution in [0.25, 0.3) is 0 Å². The molecule has 1 aromatic carbocycles. The molecule has 1 aromatic rings. The normalized spacial score (nSPS) is 19.2. The second kappa shape index (κ2) is 3.00. The van der Waals surface area contributed by atoms with Gasteiger partial charge in [-0.15, -0.1) is 0 Å². The Morgan fingerprint density at radius 2 is 2.17 bits per heavy atom. The number of hydrogen-bond donors (Lipinski definition) is 1. The molecule has 0 unspecified atom stereocenters. The van der Waals surface area contributed by atoms with Crippen molar-refractivity contribution in [1.82, 2.24) is 5.32 Å². The van der Waals surface area contributed by atoms with Crippen molar-refractivity contribution in [2.75, 3.05) is 7.05 Å². The van der Waals surface area contributed by atoms with E-state index in [0.717, 1.165) is 0 Å². The second-order valence-corrected chi connectivity index (χ2v) is 4.59. The third kappa shape index (κ3) is 1.38. The minimum absolute atomic E-state index is 0.321. The van der Waals surface area contributed by atoms with Crippen molar-refractivity contribution in [2.24, 2.45) is 0 Å². The molecular formula is C10H12IN. The summed E-state index contributed by atoms with van der Waals surface area (Å²) in [5, 5.41) is 3.39. The van der Waals surface area contributed by atoms with Crippen molar-refractivity contribution in [2.45, 2.75) is 18.4 Å². The molecule has 0 atom stereocenters. The molecule has 0 amide bonds. The molecule has 0 aliphatic heterocycles. The molecule has 1 N–H and O–H groups in total. The maximum Gasteiger partial charge on any atom is 0.0434 e. The van der Waals surface area contributed by atoms with Gasteiger partial charge >= 0.3 is 0 Å². The Balaban J connectivity index is 2.34. The SMILES string of the molecule is CNC1(c2cccc(I)c2)CC1. The van der Waals surface area contributed by atoms with Crippen LogP contribution in [0.3, 0.4) is 0 Å². The van der Waals surface area contributed by atoms with Crippen molar-refractivity contribution in [3.63, 3.8) is 0 Å². The van der Waals surface area contributed by atoms with Crippen LogP contribution in [0.5, 0.6) is 0 Å². The predicted molar refractivity (Wildman–Crippen MR) is 59.1 cm³/mol. The predicted octanol–water partition coefficient (Wildman–Crippen LogP) is 2.50. The minimum atomic E-state index is 0.321. The van der Waals surface area contributed by atoms with Crippen LogP contribution in [0, 0.1) is 3.57 Å². The Kier molecular flexibility index (Phi) is 2.12. The van der Waals surface area contributed by atoms with Crippen molar-refractivity contribution in [3.05, 3.63) is 33.4 Å². The number of rotatable bonds is 2. The van der Waals surface area contributed by atoms with Gasteiger partial charge in [0.2, 0.25) is 0 Å². The van der Waals surface area contributed by atoms with Crippen LogP contribution in [0.4, 0.5) is 0 Å². The molecule has 1 nitrogen and oxygen atoms in total. The van der Waals surface area contributed by atoms with Crippen LogP contribution in [-0.2, 0) is 5.54 Å². The highest BCUT2D eigenvalue weighted by atomic mass is 127.